The Morgan fingerprint density at radius 1 is 0.960 bits per heavy atom. The summed E-state index contributed by atoms with van der Waals surface area (Å²) in [5.41, 5.74) is 0.243. The number of aliphatic hydroxyl groups excluding tert-OH is 1. The fraction of sp³-hybridized carbons (Fsp3) is 0.667. The van der Waals surface area contributed by atoms with E-state index in [0.29, 0.717) is 13.2 Å². The second kappa shape index (κ2) is 5.96. The highest BCUT2D eigenvalue weighted by Crippen LogP contribution is 2.36. The second-order valence-electron chi connectivity index (χ2n) is 7.98. The highest BCUT2D eigenvalue weighted by molar-refractivity contribution is 6.62. The van der Waals surface area contributed by atoms with Crippen molar-refractivity contribution in [2.45, 2.75) is 63.3 Å². The minimum Gasteiger partial charge on any atom is -0.485 e. The van der Waals surface area contributed by atoms with E-state index in [1.165, 1.54) is 0 Å². The number of hydrogen-bond donors (Lipinski definition) is 1. The molecule has 0 amide bonds. The summed E-state index contributed by atoms with van der Waals surface area (Å²) in [5, 5.41) is 9.79. The van der Waals surface area contributed by atoms with Crippen molar-refractivity contribution in [3.8, 4) is 5.75 Å². The molecule has 0 spiro atoms. The molecule has 1 aromatic rings. The van der Waals surface area contributed by atoms with Crippen molar-refractivity contribution in [1.82, 2.24) is 0 Å². The van der Waals surface area contributed by atoms with Crippen LogP contribution in [-0.4, -0.2) is 61.1 Å². The standard InChI is InChI=1S/C18H25BO6/c1-17(2)18(3,4)25-19(24-17)11-5-7-12(8-6-11)23-14-10-22-15-13(20)9-21-16(14)15/h5-8,13-16,20H,9-10H2,1-4H3/t13-,14+,15-,16?/m0/s1. The average Bonchev–Trinajstić information content (AvgIpc) is 3.16. The van der Waals surface area contributed by atoms with Crippen LogP contribution in [0.2, 0.25) is 0 Å². The molecule has 0 aromatic heterocycles. The van der Waals surface area contributed by atoms with Crippen molar-refractivity contribution >= 4 is 12.6 Å². The second-order valence-corrected chi connectivity index (χ2v) is 7.98. The summed E-state index contributed by atoms with van der Waals surface area (Å²) in [4.78, 5) is 0. The van der Waals surface area contributed by atoms with Gasteiger partial charge in [0.25, 0.3) is 0 Å². The van der Waals surface area contributed by atoms with Gasteiger partial charge in [-0.3, -0.25) is 0 Å². The number of rotatable bonds is 3. The molecule has 4 rings (SSSR count). The summed E-state index contributed by atoms with van der Waals surface area (Å²) in [6.45, 7) is 8.88. The molecule has 7 heteroatoms. The SMILES string of the molecule is CC1(C)OB(c2ccc(O[C@@H]3CO[C@@H]4C3OC[C@@H]4O)cc2)OC1(C)C. The molecule has 0 bridgehead atoms. The van der Waals surface area contributed by atoms with Crippen LogP contribution in [0.3, 0.4) is 0 Å². The summed E-state index contributed by atoms with van der Waals surface area (Å²) in [6.07, 6.45) is -1.26. The van der Waals surface area contributed by atoms with Crippen LogP contribution in [0.15, 0.2) is 24.3 Å². The van der Waals surface area contributed by atoms with E-state index in [1.54, 1.807) is 0 Å². The van der Waals surface area contributed by atoms with Crippen molar-refractivity contribution < 1.29 is 28.6 Å². The maximum atomic E-state index is 9.79. The van der Waals surface area contributed by atoms with Crippen molar-refractivity contribution in [2.24, 2.45) is 0 Å². The summed E-state index contributed by atoms with van der Waals surface area (Å²) in [7, 11) is -0.383. The lowest BCUT2D eigenvalue weighted by atomic mass is 9.79. The van der Waals surface area contributed by atoms with Gasteiger partial charge in [0.15, 0.2) is 6.10 Å². The van der Waals surface area contributed by atoms with Gasteiger partial charge in [-0.05, 0) is 45.3 Å². The Hall–Kier alpha value is -1.12. The maximum absolute atomic E-state index is 9.79. The third-order valence-corrected chi connectivity index (χ3v) is 5.67. The zero-order valence-corrected chi connectivity index (χ0v) is 15.1. The van der Waals surface area contributed by atoms with Gasteiger partial charge in [-0.15, -0.1) is 0 Å². The van der Waals surface area contributed by atoms with E-state index in [4.69, 9.17) is 23.5 Å². The third kappa shape index (κ3) is 2.98. The van der Waals surface area contributed by atoms with Crippen molar-refractivity contribution in [3.63, 3.8) is 0 Å². The smallest absolute Gasteiger partial charge is 0.485 e. The molecule has 1 aromatic carbocycles. The molecule has 1 unspecified atom stereocenters. The number of aliphatic hydroxyl groups is 1. The lowest BCUT2D eigenvalue weighted by molar-refractivity contribution is 0.00578. The Balaban J connectivity index is 1.42. The molecule has 3 aliphatic rings. The van der Waals surface area contributed by atoms with Crippen molar-refractivity contribution in [3.05, 3.63) is 24.3 Å². The molecule has 3 fully saturated rings. The van der Waals surface area contributed by atoms with E-state index in [1.807, 2.05) is 52.0 Å². The van der Waals surface area contributed by atoms with E-state index in [9.17, 15) is 5.11 Å². The highest BCUT2D eigenvalue weighted by atomic mass is 16.7. The maximum Gasteiger partial charge on any atom is 0.494 e. The first-order valence-corrected chi connectivity index (χ1v) is 8.80. The summed E-state index contributed by atoms with van der Waals surface area (Å²) >= 11 is 0. The first kappa shape index (κ1) is 17.3. The lowest BCUT2D eigenvalue weighted by Gasteiger charge is -2.32. The van der Waals surface area contributed by atoms with Crippen LogP contribution in [0.1, 0.15) is 27.7 Å². The van der Waals surface area contributed by atoms with Gasteiger partial charge in [0.05, 0.1) is 24.4 Å². The van der Waals surface area contributed by atoms with Gasteiger partial charge in [-0.1, -0.05) is 12.1 Å². The first-order chi connectivity index (χ1) is 11.8. The molecular formula is C18H25BO6. The van der Waals surface area contributed by atoms with E-state index in [2.05, 4.69) is 0 Å². The quantitative estimate of drug-likeness (QED) is 0.819. The molecule has 6 nitrogen and oxygen atoms in total. The minimum atomic E-state index is -0.565. The van der Waals surface area contributed by atoms with Crippen molar-refractivity contribution in [1.29, 1.82) is 0 Å². The molecule has 4 atom stereocenters. The summed E-state index contributed by atoms with van der Waals surface area (Å²) in [6, 6.07) is 7.71. The average molecular weight is 348 g/mol. The van der Waals surface area contributed by atoms with Gasteiger partial charge in [0.2, 0.25) is 0 Å². The van der Waals surface area contributed by atoms with E-state index in [0.717, 1.165) is 11.2 Å². The van der Waals surface area contributed by atoms with Gasteiger partial charge in [0.1, 0.15) is 24.1 Å². The molecule has 3 aliphatic heterocycles. The molecule has 0 aliphatic carbocycles. The van der Waals surface area contributed by atoms with E-state index in [-0.39, 0.29) is 36.6 Å². The van der Waals surface area contributed by atoms with Crippen LogP contribution in [0.5, 0.6) is 5.75 Å². The zero-order valence-electron chi connectivity index (χ0n) is 15.1. The predicted molar refractivity (Wildman–Crippen MR) is 92.1 cm³/mol. The number of ether oxygens (including phenoxy) is 3. The van der Waals surface area contributed by atoms with Gasteiger partial charge in [-0.25, -0.2) is 0 Å². The summed E-state index contributed by atoms with van der Waals surface area (Å²) in [5.74, 6) is 0.736. The third-order valence-electron chi connectivity index (χ3n) is 5.67. The lowest BCUT2D eigenvalue weighted by Crippen LogP contribution is -2.41. The molecule has 25 heavy (non-hydrogen) atoms. The predicted octanol–water partition coefficient (Wildman–Crippen LogP) is 0.892. The van der Waals surface area contributed by atoms with Crippen LogP contribution in [0.25, 0.3) is 0 Å². The molecule has 3 heterocycles. The Labute approximate surface area is 148 Å². The largest absolute Gasteiger partial charge is 0.494 e. The molecule has 136 valence electrons. The van der Waals surface area contributed by atoms with Gasteiger partial charge >= 0.3 is 7.12 Å². The Morgan fingerprint density at radius 2 is 1.56 bits per heavy atom. The Morgan fingerprint density at radius 3 is 2.20 bits per heavy atom. The van der Waals surface area contributed by atoms with E-state index >= 15 is 0 Å². The van der Waals surface area contributed by atoms with Crippen LogP contribution < -0.4 is 10.2 Å². The highest BCUT2D eigenvalue weighted by Gasteiger charge is 2.52. The fourth-order valence-corrected chi connectivity index (χ4v) is 3.40. The molecule has 3 saturated heterocycles. The van der Waals surface area contributed by atoms with Crippen LogP contribution in [0.4, 0.5) is 0 Å². The fourth-order valence-electron chi connectivity index (χ4n) is 3.40. The number of fused-ring (bicyclic) bond motifs is 1. The van der Waals surface area contributed by atoms with Crippen LogP contribution in [0, 0.1) is 0 Å². The van der Waals surface area contributed by atoms with Crippen molar-refractivity contribution in [2.75, 3.05) is 13.2 Å². The van der Waals surface area contributed by atoms with Crippen LogP contribution in [-0.2, 0) is 18.8 Å². The van der Waals surface area contributed by atoms with E-state index < -0.39 is 6.10 Å². The molecule has 1 N–H and O–H groups in total. The minimum absolute atomic E-state index is 0.204. The molecule has 0 saturated carbocycles. The van der Waals surface area contributed by atoms with Gasteiger partial charge in [-0.2, -0.15) is 0 Å². The van der Waals surface area contributed by atoms with Gasteiger partial charge < -0.3 is 28.6 Å². The first-order valence-electron chi connectivity index (χ1n) is 8.80. The number of hydrogen-bond acceptors (Lipinski definition) is 6. The Kier molecular flexibility index (Phi) is 4.13. The normalized spacial score (nSPS) is 35.8. The molecular weight excluding hydrogens is 323 g/mol. The zero-order chi connectivity index (χ0) is 17.8. The molecule has 0 radical (unpaired) electrons. The number of benzene rings is 1. The summed E-state index contributed by atoms with van der Waals surface area (Å²) < 4.78 is 29.3. The monoisotopic (exact) mass is 348 g/mol. The van der Waals surface area contributed by atoms with Crippen LogP contribution >= 0.6 is 0 Å². The topological polar surface area (TPSA) is 66.4 Å². The Bertz CT molecular complexity index is 615. The van der Waals surface area contributed by atoms with Gasteiger partial charge in [0, 0.05) is 0 Å².